The zero-order chi connectivity index (χ0) is 12.6. The first kappa shape index (κ1) is 11.7. The van der Waals surface area contributed by atoms with Crippen LogP contribution in [0.3, 0.4) is 0 Å². The van der Waals surface area contributed by atoms with Gasteiger partial charge in [0.1, 0.15) is 5.75 Å². The van der Waals surface area contributed by atoms with Gasteiger partial charge in [-0.15, -0.1) is 0 Å². The number of phenols is 1. The van der Waals surface area contributed by atoms with E-state index in [9.17, 15) is 14.7 Å². The summed E-state index contributed by atoms with van der Waals surface area (Å²) in [5.41, 5.74) is 2.28. The lowest BCUT2D eigenvalue weighted by molar-refractivity contribution is -0.115. The average Bonchev–Trinajstić information content (AvgIpc) is 2.54. The lowest BCUT2D eigenvalue weighted by Crippen LogP contribution is -2.17. The van der Waals surface area contributed by atoms with Crippen molar-refractivity contribution in [2.24, 2.45) is 0 Å². The van der Waals surface area contributed by atoms with E-state index in [1.807, 2.05) is 0 Å². The fourth-order valence-electron chi connectivity index (χ4n) is 1.65. The number of carbonyl (C=O) groups is 2. The van der Waals surface area contributed by atoms with Crippen molar-refractivity contribution in [1.82, 2.24) is 5.32 Å². The van der Waals surface area contributed by atoms with Gasteiger partial charge in [-0.2, -0.15) is 0 Å². The molecule has 17 heavy (non-hydrogen) atoms. The van der Waals surface area contributed by atoms with Gasteiger partial charge in [0.15, 0.2) is 0 Å². The highest BCUT2D eigenvalue weighted by Crippen LogP contribution is 2.28. The molecular weight excluding hydrogens is 238 g/mol. The number of aryl methyl sites for hydroxylation is 2. The quantitative estimate of drug-likeness (QED) is 0.750. The highest BCUT2D eigenvalue weighted by molar-refractivity contribution is 8.18. The highest BCUT2D eigenvalue weighted by atomic mass is 32.2. The molecule has 1 aromatic carbocycles. The lowest BCUT2D eigenvalue weighted by Gasteiger charge is -2.04. The zero-order valence-corrected chi connectivity index (χ0v) is 10.2. The van der Waals surface area contributed by atoms with Gasteiger partial charge in [-0.3, -0.25) is 14.9 Å². The van der Waals surface area contributed by atoms with Crippen LogP contribution in [-0.4, -0.2) is 16.3 Å². The molecule has 1 saturated heterocycles. The van der Waals surface area contributed by atoms with E-state index in [1.54, 1.807) is 32.1 Å². The van der Waals surface area contributed by atoms with E-state index < -0.39 is 0 Å². The van der Waals surface area contributed by atoms with Crippen LogP contribution in [0.15, 0.2) is 17.0 Å². The molecule has 1 aliphatic rings. The maximum atomic E-state index is 11.4. The fourth-order valence-corrected chi connectivity index (χ4v) is 2.33. The van der Waals surface area contributed by atoms with E-state index in [2.05, 4.69) is 5.32 Å². The summed E-state index contributed by atoms with van der Waals surface area (Å²) in [6, 6.07) is 3.54. The SMILES string of the molecule is Cc1cc(/C=C2\SC(=O)NC2=O)cc(C)c1O. The zero-order valence-electron chi connectivity index (χ0n) is 9.40. The van der Waals surface area contributed by atoms with E-state index in [0.717, 1.165) is 28.5 Å². The van der Waals surface area contributed by atoms with Crippen molar-refractivity contribution in [2.45, 2.75) is 13.8 Å². The summed E-state index contributed by atoms with van der Waals surface area (Å²) in [5, 5.41) is 11.5. The predicted octanol–water partition coefficient (Wildman–Crippen LogP) is 2.33. The van der Waals surface area contributed by atoms with Gasteiger partial charge in [-0.1, -0.05) is 0 Å². The minimum Gasteiger partial charge on any atom is -0.507 e. The number of carbonyl (C=O) groups excluding carboxylic acids is 2. The number of hydrogen-bond donors (Lipinski definition) is 2. The molecule has 4 nitrogen and oxygen atoms in total. The van der Waals surface area contributed by atoms with E-state index in [0.29, 0.717) is 4.91 Å². The predicted molar refractivity (Wildman–Crippen MR) is 66.7 cm³/mol. The highest BCUT2D eigenvalue weighted by Gasteiger charge is 2.24. The van der Waals surface area contributed by atoms with Crippen LogP contribution in [0.25, 0.3) is 6.08 Å². The smallest absolute Gasteiger partial charge is 0.290 e. The van der Waals surface area contributed by atoms with Crippen molar-refractivity contribution in [2.75, 3.05) is 0 Å². The number of phenolic OH excluding ortho intramolecular Hbond substituents is 1. The number of amides is 2. The molecule has 0 unspecified atom stereocenters. The maximum absolute atomic E-state index is 11.4. The molecule has 0 aromatic heterocycles. The summed E-state index contributed by atoms with van der Waals surface area (Å²) in [7, 11) is 0. The molecule has 2 N–H and O–H groups in total. The number of nitrogens with one attached hydrogen (secondary N) is 1. The van der Waals surface area contributed by atoms with Gasteiger partial charge < -0.3 is 5.11 Å². The van der Waals surface area contributed by atoms with Gasteiger partial charge in [0.25, 0.3) is 11.1 Å². The van der Waals surface area contributed by atoms with Gasteiger partial charge in [0.2, 0.25) is 0 Å². The standard InChI is InChI=1S/C12H11NO3S/c1-6-3-8(4-7(2)10(6)14)5-9-11(15)13-12(16)17-9/h3-5,14H,1-2H3,(H,13,15,16)/b9-5-. The molecule has 0 aliphatic carbocycles. The number of aromatic hydroxyl groups is 1. The second-order valence-corrected chi connectivity index (χ2v) is 4.87. The fraction of sp³-hybridized carbons (Fsp3) is 0.167. The third-order valence-electron chi connectivity index (χ3n) is 2.45. The van der Waals surface area contributed by atoms with Crippen molar-refractivity contribution < 1.29 is 14.7 Å². The van der Waals surface area contributed by atoms with Crippen LogP contribution in [-0.2, 0) is 4.79 Å². The summed E-state index contributed by atoms with van der Waals surface area (Å²) < 4.78 is 0. The molecule has 88 valence electrons. The summed E-state index contributed by atoms with van der Waals surface area (Å²) in [5.74, 6) is -0.116. The third kappa shape index (κ3) is 2.34. The van der Waals surface area contributed by atoms with Crippen molar-refractivity contribution >= 4 is 29.0 Å². The molecule has 0 radical (unpaired) electrons. The van der Waals surface area contributed by atoms with Crippen LogP contribution in [0, 0.1) is 13.8 Å². The number of benzene rings is 1. The van der Waals surface area contributed by atoms with E-state index in [1.165, 1.54) is 0 Å². The molecule has 1 aromatic rings. The molecule has 2 rings (SSSR count). The number of thioether (sulfide) groups is 1. The molecule has 1 aliphatic heterocycles. The van der Waals surface area contributed by atoms with Crippen LogP contribution in [0.5, 0.6) is 5.75 Å². The van der Waals surface area contributed by atoms with Crippen LogP contribution < -0.4 is 5.32 Å². The first-order valence-electron chi connectivity index (χ1n) is 5.02. The molecule has 0 saturated carbocycles. The Morgan fingerprint density at radius 1 is 1.24 bits per heavy atom. The molecular formula is C12H11NO3S. The summed E-state index contributed by atoms with van der Waals surface area (Å²) in [4.78, 5) is 22.7. The van der Waals surface area contributed by atoms with Gasteiger partial charge >= 0.3 is 0 Å². The normalized spacial score (nSPS) is 17.6. The minimum absolute atomic E-state index is 0.256. The molecule has 5 heteroatoms. The van der Waals surface area contributed by atoms with Gasteiger partial charge in [-0.05, 0) is 60.5 Å². The number of imide groups is 1. The first-order valence-corrected chi connectivity index (χ1v) is 5.84. The van der Waals surface area contributed by atoms with Crippen molar-refractivity contribution in [3.8, 4) is 5.75 Å². The Morgan fingerprint density at radius 3 is 2.29 bits per heavy atom. The minimum atomic E-state index is -0.372. The van der Waals surface area contributed by atoms with Gasteiger partial charge in [0, 0.05) is 0 Å². The molecule has 2 amide bonds. The Hall–Kier alpha value is -1.75. The molecule has 1 fully saturated rings. The Bertz CT molecular complexity index is 526. The molecule has 0 atom stereocenters. The van der Waals surface area contributed by atoms with E-state index in [-0.39, 0.29) is 16.9 Å². The van der Waals surface area contributed by atoms with Crippen LogP contribution >= 0.6 is 11.8 Å². The lowest BCUT2D eigenvalue weighted by atomic mass is 10.1. The molecule has 1 heterocycles. The summed E-state index contributed by atoms with van der Waals surface area (Å²) >= 11 is 0.883. The molecule has 0 spiro atoms. The summed E-state index contributed by atoms with van der Waals surface area (Å²) in [6.07, 6.45) is 1.64. The Balaban J connectivity index is 2.40. The van der Waals surface area contributed by atoms with E-state index in [4.69, 9.17) is 0 Å². The Kier molecular flexibility index (Phi) is 2.93. The Morgan fingerprint density at radius 2 is 1.82 bits per heavy atom. The second kappa shape index (κ2) is 4.25. The third-order valence-corrected chi connectivity index (χ3v) is 3.26. The first-order chi connectivity index (χ1) is 7.97. The molecule has 0 bridgehead atoms. The van der Waals surface area contributed by atoms with Crippen molar-refractivity contribution in [1.29, 1.82) is 0 Å². The topological polar surface area (TPSA) is 66.4 Å². The van der Waals surface area contributed by atoms with Crippen LogP contribution in [0.1, 0.15) is 16.7 Å². The maximum Gasteiger partial charge on any atom is 0.290 e. The largest absolute Gasteiger partial charge is 0.507 e. The van der Waals surface area contributed by atoms with Crippen molar-refractivity contribution in [3.63, 3.8) is 0 Å². The van der Waals surface area contributed by atoms with E-state index >= 15 is 0 Å². The Labute approximate surface area is 103 Å². The average molecular weight is 249 g/mol. The monoisotopic (exact) mass is 249 g/mol. The van der Waals surface area contributed by atoms with Crippen LogP contribution in [0.2, 0.25) is 0 Å². The number of rotatable bonds is 1. The van der Waals surface area contributed by atoms with Gasteiger partial charge in [0.05, 0.1) is 4.91 Å². The van der Waals surface area contributed by atoms with Gasteiger partial charge in [-0.25, -0.2) is 0 Å². The number of hydrogen-bond acceptors (Lipinski definition) is 4. The second-order valence-electron chi connectivity index (χ2n) is 3.86. The van der Waals surface area contributed by atoms with Crippen LogP contribution in [0.4, 0.5) is 4.79 Å². The summed E-state index contributed by atoms with van der Waals surface area (Å²) in [6.45, 7) is 3.58. The van der Waals surface area contributed by atoms with Crippen molar-refractivity contribution in [3.05, 3.63) is 33.7 Å².